The Bertz CT molecular complexity index is 2030. The van der Waals surface area contributed by atoms with Crippen LogP contribution in [0.1, 0.15) is 41.5 Å². The minimum absolute atomic E-state index is 0.0826. The van der Waals surface area contributed by atoms with Crippen molar-refractivity contribution in [2.24, 2.45) is 0 Å². The first-order valence-corrected chi connectivity index (χ1v) is 27.3. The average molecular weight is 907 g/mol. The third-order valence-electron chi connectivity index (χ3n) is 12.0. The Kier molecular flexibility index (Phi) is 17.6. The summed E-state index contributed by atoms with van der Waals surface area (Å²) in [7, 11) is -3.66. The zero-order chi connectivity index (χ0) is 46.6. The first kappa shape index (κ1) is 50.5. The van der Waals surface area contributed by atoms with E-state index >= 15 is 0 Å². The van der Waals surface area contributed by atoms with Gasteiger partial charge in [0.05, 0.1) is 25.5 Å². The number of carboxylic acids is 1. The van der Waals surface area contributed by atoms with Crippen molar-refractivity contribution in [3.05, 3.63) is 96.8 Å². The van der Waals surface area contributed by atoms with Crippen LogP contribution in [0.5, 0.6) is 11.5 Å². The minimum Gasteiger partial charge on any atom is -0.542 e. The molecule has 2 aromatic heterocycles. The summed E-state index contributed by atoms with van der Waals surface area (Å²) in [5.74, 6) is 1.26. The number of halogens is 2. The number of rotatable bonds is 11. The van der Waals surface area contributed by atoms with Gasteiger partial charge in [-0.15, -0.1) is 0 Å². The van der Waals surface area contributed by atoms with Gasteiger partial charge in [0.1, 0.15) is 34.8 Å². The van der Waals surface area contributed by atoms with Gasteiger partial charge in [-0.1, -0.05) is 41.5 Å². The molecule has 0 unspecified atom stereocenters. The fourth-order valence-corrected chi connectivity index (χ4v) is 8.10. The number of aliphatic carboxylic acids is 1. The first-order chi connectivity index (χ1) is 29.4. The molecule has 63 heavy (non-hydrogen) atoms. The van der Waals surface area contributed by atoms with Crippen LogP contribution in [0, 0.1) is 11.6 Å². The number of piperazine rings is 2. The Morgan fingerprint density at radius 2 is 1.03 bits per heavy atom. The van der Waals surface area contributed by atoms with Crippen LogP contribution in [0.25, 0.3) is 0 Å². The Morgan fingerprint density at radius 1 is 0.635 bits per heavy atom. The van der Waals surface area contributed by atoms with E-state index in [0.29, 0.717) is 18.2 Å². The van der Waals surface area contributed by atoms with E-state index in [1.54, 1.807) is 48.8 Å². The molecular weight excluding hydrogens is 839 g/mol. The van der Waals surface area contributed by atoms with Crippen LogP contribution in [0.15, 0.2) is 85.2 Å². The lowest BCUT2D eigenvalue weighted by molar-refractivity contribution is -0.138. The number of pyridine rings is 2. The fourth-order valence-electron chi connectivity index (χ4n) is 6.07. The number of carbonyl (C=O) groups is 2. The highest BCUT2D eigenvalue weighted by atomic mass is 28.4. The van der Waals surface area contributed by atoms with Crippen molar-refractivity contribution in [1.29, 1.82) is 0 Å². The number of hydrogen-bond acceptors (Lipinski definition) is 11. The van der Waals surface area contributed by atoms with Gasteiger partial charge in [-0.25, -0.2) is 18.7 Å². The standard InChI is InChI=1S/C23H33FN4O2Si.C12H15FN2O2.C11H20N2OSi/c1-23(2,3)31(4,5)30-20-10-11-21(25-16-20)26-22(29)17-27-12-14-28(15-13-27)19-8-6-18(24)7-9-19;13-10-1-3-11(4-2-10)15-7-5-14(6-8-15)9-12(16)17;1-11(2,3)15(4,5)14-9-6-7-10(12)13-8-9/h6-11,16H,12-15,17H2,1-5H3,(H,25,26,29);1-4H,5-9H2,(H,16,17);6-8H,1-5H3,(H2,12,13). The van der Waals surface area contributed by atoms with Crippen molar-refractivity contribution >= 4 is 51.5 Å². The molecule has 17 heteroatoms. The number of benzene rings is 2. The molecule has 344 valence electrons. The fraction of sp³-hybridized carbons (Fsp3) is 0.478. The molecule has 13 nitrogen and oxygen atoms in total. The van der Waals surface area contributed by atoms with Crippen molar-refractivity contribution in [1.82, 2.24) is 19.8 Å². The normalized spacial score (nSPS) is 15.3. The summed E-state index contributed by atoms with van der Waals surface area (Å²) in [6.45, 7) is 28.6. The second-order valence-electron chi connectivity index (χ2n) is 18.9. The molecule has 0 saturated carbocycles. The van der Waals surface area contributed by atoms with Crippen LogP contribution in [-0.4, -0.2) is 119 Å². The predicted molar refractivity (Wildman–Crippen MR) is 255 cm³/mol. The van der Waals surface area contributed by atoms with Crippen LogP contribution >= 0.6 is 0 Å². The van der Waals surface area contributed by atoms with Crippen molar-refractivity contribution in [2.75, 3.05) is 86.3 Å². The predicted octanol–water partition coefficient (Wildman–Crippen LogP) is 8.45. The van der Waals surface area contributed by atoms with Crippen LogP contribution in [0.4, 0.5) is 31.8 Å². The van der Waals surface area contributed by atoms with Crippen molar-refractivity contribution in [3.63, 3.8) is 0 Å². The summed E-state index contributed by atoms with van der Waals surface area (Å²) in [6.07, 6.45) is 3.37. The quantitative estimate of drug-likeness (QED) is 0.124. The van der Waals surface area contributed by atoms with Gasteiger partial charge in [-0.3, -0.25) is 19.4 Å². The van der Waals surface area contributed by atoms with Gasteiger partial charge in [-0.2, -0.15) is 0 Å². The molecular formula is C46H68F2N8O5Si2. The highest BCUT2D eigenvalue weighted by Crippen LogP contribution is 2.38. The summed E-state index contributed by atoms with van der Waals surface area (Å²) < 4.78 is 38.1. The lowest BCUT2D eigenvalue weighted by atomic mass is 10.2. The van der Waals surface area contributed by atoms with E-state index in [1.165, 1.54) is 24.3 Å². The largest absolute Gasteiger partial charge is 0.542 e. The van der Waals surface area contributed by atoms with Crippen LogP contribution < -0.4 is 29.7 Å². The number of anilines is 4. The Labute approximate surface area is 374 Å². The number of nitrogens with two attached hydrogens (primary N) is 1. The molecule has 2 aliphatic heterocycles. The zero-order valence-corrected chi connectivity index (χ0v) is 40.8. The minimum atomic E-state index is -1.91. The first-order valence-electron chi connectivity index (χ1n) is 21.4. The number of nitrogen functional groups attached to an aromatic ring is 1. The number of aromatic nitrogens is 2. The molecule has 6 rings (SSSR count). The van der Waals surface area contributed by atoms with Gasteiger partial charge in [0.2, 0.25) is 5.91 Å². The summed E-state index contributed by atoms with van der Waals surface area (Å²) in [4.78, 5) is 39.7. The van der Waals surface area contributed by atoms with Crippen molar-refractivity contribution in [2.45, 2.75) is 77.8 Å². The van der Waals surface area contributed by atoms with E-state index < -0.39 is 22.6 Å². The topological polar surface area (TPSA) is 150 Å². The van der Waals surface area contributed by atoms with E-state index in [4.69, 9.17) is 19.7 Å². The van der Waals surface area contributed by atoms with E-state index in [0.717, 1.165) is 75.2 Å². The Hall–Kier alpha value is -5.11. The average Bonchev–Trinajstić information content (AvgIpc) is 3.20. The molecule has 0 spiro atoms. The SMILES string of the molecule is CC(C)(C)[Si](C)(C)Oc1ccc(N)nc1.CC(C)(C)[Si](C)(C)Oc1ccc(NC(=O)CN2CCN(c3ccc(F)cc3)CC2)nc1.O=C(O)CN1CCN(c2ccc(F)cc2)CC1. The lowest BCUT2D eigenvalue weighted by Crippen LogP contribution is -2.48. The van der Waals surface area contributed by atoms with Crippen LogP contribution in [0.3, 0.4) is 0 Å². The highest BCUT2D eigenvalue weighted by Gasteiger charge is 2.40. The molecule has 4 aromatic rings. The van der Waals surface area contributed by atoms with Gasteiger partial charge >= 0.3 is 5.97 Å². The van der Waals surface area contributed by atoms with Gasteiger partial charge in [0.15, 0.2) is 0 Å². The van der Waals surface area contributed by atoms with Crippen molar-refractivity contribution < 1.29 is 32.3 Å². The van der Waals surface area contributed by atoms with Gasteiger partial charge in [0.25, 0.3) is 16.6 Å². The Morgan fingerprint density at radius 3 is 1.38 bits per heavy atom. The number of nitrogens with zero attached hydrogens (tertiary/aromatic N) is 6. The molecule has 2 aliphatic rings. The molecule has 4 heterocycles. The number of amides is 1. The molecule has 0 atom stereocenters. The zero-order valence-electron chi connectivity index (χ0n) is 38.8. The summed E-state index contributed by atoms with van der Waals surface area (Å²) >= 11 is 0. The maximum absolute atomic E-state index is 13.1. The third kappa shape index (κ3) is 16.2. The molecule has 1 amide bonds. The molecule has 2 saturated heterocycles. The molecule has 2 fully saturated rings. The van der Waals surface area contributed by atoms with Gasteiger partial charge in [-0.05, 0) is 109 Å². The smallest absolute Gasteiger partial charge is 0.317 e. The highest BCUT2D eigenvalue weighted by molar-refractivity contribution is 6.75. The molecule has 4 N–H and O–H groups in total. The van der Waals surface area contributed by atoms with Gasteiger partial charge < -0.3 is 34.8 Å². The molecule has 0 bridgehead atoms. The number of hydrogen-bond donors (Lipinski definition) is 3. The Balaban J connectivity index is 0.000000229. The van der Waals surface area contributed by atoms with E-state index in [-0.39, 0.29) is 34.2 Å². The maximum atomic E-state index is 13.1. The number of carboxylic acid groups (broad SMARTS) is 1. The maximum Gasteiger partial charge on any atom is 0.317 e. The summed E-state index contributed by atoms with van der Waals surface area (Å²) in [5, 5.41) is 11.9. The number of nitrogens with one attached hydrogen (secondary N) is 1. The van der Waals surface area contributed by atoms with E-state index in [2.05, 4.69) is 97.7 Å². The third-order valence-corrected chi connectivity index (χ3v) is 20.7. The van der Waals surface area contributed by atoms with Crippen LogP contribution in [-0.2, 0) is 9.59 Å². The summed E-state index contributed by atoms with van der Waals surface area (Å²) in [6, 6.07) is 20.2. The number of carbonyl (C=O) groups excluding carboxylic acids is 1. The van der Waals surface area contributed by atoms with E-state index in [1.807, 2.05) is 17.0 Å². The second-order valence-corrected chi connectivity index (χ2v) is 28.4. The van der Waals surface area contributed by atoms with Gasteiger partial charge in [0, 0.05) is 63.7 Å². The second kappa shape index (κ2) is 22.0. The lowest BCUT2D eigenvalue weighted by Gasteiger charge is -2.36. The monoisotopic (exact) mass is 906 g/mol. The molecule has 0 radical (unpaired) electrons. The van der Waals surface area contributed by atoms with E-state index in [9.17, 15) is 18.4 Å². The molecule has 2 aromatic carbocycles. The molecule has 0 aliphatic carbocycles. The van der Waals surface area contributed by atoms with Crippen molar-refractivity contribution in [3.8, 4) is 11.5 Å². The van der Waals surface area contributed by atoms with Crippen LogP contribution in [0.2, 0.25) is 36.3 Å². The summed E-state index contributed by atoms with van der Waals surface area (Å²) in [5.41, 5.74) is 7.52.